The van der Waals surface area contributed by atoms with E-state index in [-0.39, 0.29) is 0 Å². The lowest BCUT2D eigenvalue weighted by Crippen LogP contribution is -2.03. The van der Waals surface area contributed by atoms with Crippen molar-refractivity contribution < 1.29 is 13.7 Å². The molecule has 24 heavy (non-hydrogen) atoms. The zero-order valence-corrected chi connectivity index (χ0v) is 14.5. The fourth-order valence-electron chi connectivity index (χ4n) is 2.45. The summed E-state index contributed by atoms with van der Waals surface area (Å²) in [5, 5.41) is 0. The summed E-state index contributed by atoms with van der Waals surface area (Å²) in [6.07, 6.45) is 5.87. The van der Waals surface area contributed by atoms with Crippen molar-refractivity contribution >= 4 is 21.8 Å². The lowest BCUT2D eigenvalue weighted by Gasteiger charge is -2.09. The molecule has 0 bridgehead atoms. The fraction of sp³-hybridized carbons (Fsp3) is 0.294. The number of hydrogen-bond acceptors (Lipinski definition) is 5. The molecule has 0 radical (unpaired) electrons. The average molecular weight is 345 g/mol. The third-order valence-electron chi connectivity index (χ3n) is 3.57. The molecule has 7 heteroatoms. The molecule has 0 spiro atoms. The zero-order chi connectivity index (χ0) is 16.9. The highest BCUT2D eigenvalue weighted by atomic mass is 32.2. The van der Waals surface area contributed by atoms with Gasteiger partial charge in [0.15, 0.2) is 0 Å². The highest BCUT2D eigenvalue weighted by Gasteiger charge is 2.13. The SMILES string of the molecule is COCCCOc1ccnc(-n2cnc3cccc(S(C)=O)c32)c1. The van der Waals surface area contributed by atoms with Crippen LogP contribution < -0.4 is 4.74 Å². The van der Waals surface area contributed by atoms with Crippen LogP contribution >= 0.6 is 0 Å². The predicted molar refractivity (Wildman–Crippen MR) is 93.2 cm³/mol. The Morgan fingerprint density at radius 3 is 2.88 bits per heavy atom. The van der Waals surface area contributed by atoms with Gasteiger partial charge in [-0.3, -0.25) is 8.78 Å². The normalized spacial score (nSPS) is 12.4. The molecule has 2 heterocycles. The first-order valence-electron chi connectivity index (χ1n) is 7.58. The number of imidazole rings is 1. The van der Waals surface area contributed by atoms with E-state index in [4.69, 9.17) is 9.47 Å². The molecule has 3 rings (SSSR count). The number of rotatable bonds is 7. The average Bonchev–Trinajstić information content (AvgIpc) is 3.03. The molecule has 6 nitrogen and oxygen atoms in total. The van der Waals surface area contributed by atoms with Gasteiger partial charge in [0, 0.05) is 38.7 Å². The second-order valence-corrected chi connectivity index (χ2v) is 6.59. The number of pyridine rings is 1. The van der Waals surface area contributed by atoms with E-state index in [2.05, 4.69) is 9.97 Å². The Balaban J connectivity index is 1.95. The van der Waals surface area contributed by atoms with Gasteiger partial charge in [0.2, 0.25) is 0 Å². The van der Waals surface area contributed by atoms with Crippen molar-refractivity contribution in [1.29, 1.82) is 0 Å². The second-order valence-electron chi connectivity index (χ2n) is 5.24. The van der Waals surface area contributed by atoms with Gasteiger partial charge >= 0.3 is 0 Å². The molecule has 0 aliphatic rings. The van der Waals surface area contributed by atoms with Crippen LogP contribution in [-0.4, -0.2) is 45.3 Å². The molecule has 0 fully saturated rings. The van der Waals surface area contributed by atoms with E-state index in [1.165, 1.54) is 0 Å². The van der Waals surface area contributed by atoms with Crippen LogP contribution in [0.25, 0.3) is 16.9 Å². The van der Waals surface area contributed by atoms with Crippen molar-refractivity contribution in [2.45, 2.75) is 11.3 Å². The lowest BCUT2D eigenvalue weighted by molar-refractivity contribution is 0.172. The van der Waals surface area contributed by atoms with Crippen LogP contribution in [0.5, 0.6) is 5.75 Å². The highest BCUT2D eigenvalue weighted by Crippen LogP contribution is 2.24. The predicted octanol–water partition coefficient (Wildman–Crippen LogP) is 2.57. The first-order valence-corrected chi connectivity index (χ1v) is 9.14. The molecule has 3 aromatic rings. The Hall–Kier alpha value is -2.25. The van der Waals surface area contributed by atoms with Gasteiger partial charge in [-0.15, -0.1) is 0 Å². The number of fused-ring (bicyclic) bond motifs is 1. The Morgan fingerprint density at radius 1 is 1.21 bits per heavy atom. The number of ether oxygens (including phenoxy) is 2. The minimum absolute atomic E-state index is 0.576. The summed E-state index contributed by atoms with van der Waals surface area (Å²) in [4.78, 5) is 9.52. The lowest BCUT2D eigenvalue weighted by atomic mass is 10.3. The van der Waals surface area contributed by atoms with E-state index in [9.17, 15) is 4.21 Å². The molecule has 1 aromatic carbocycles. The minimum atomic E-state index is -1.11. The summed E-state index contributed by atoms with van der Waals surface area (Å²) in [6, 6.07) is 9.27. The van der Waals surface area contributed by atoms with E-state index >= 15 is 0 Å². The number of methoxy groups -OCH3 is 1. The number of para-hydroxylation sites is 1. The van der Waals surface area contributed by atoms with Crippen LogP contribution in [0.3, 0.4) is 0 Å². The molecule has 0 saturated carbocycles. The van der Waals surface area contributed by atoms with Crippen LogP contribution in [0.1, 0.15) is 6.42 Å². The third-order valence-corrected chi connectivity index (χ3v) is 4.51. The van der Waals surface area contributed by atoms with Crippen molar-refractivity contribution in [1.82, 2.24) is 14.5 Å². The summed E-state index contributed by atoms with van der Waals surface area (Å²) in [5.41, 5.74) is 1.60. The van der Waals surface area contributed by atoms with Crippen molar-refractivity contribution in [2.75, 3.05) is 26.6 Å². The number of nitrogens with zero attached hydrogens (tertiary/aromatic N) is 3. The van der Waals surface area contributed by atoms with E-state index in [0.29, 0.717) is 19.0 Å². The van der Waals surface area contributed by atoms with Crippen molar-refractivity contribution in [3.8, 4) is 11.6 Å². The maximum Gasteiger partial charge on any atom is 0.142 e. The Bertz CT molecular complexity index is 863. The van der Waals surface area contributed by atoms with E-state index < -0.39 is 10.8 Å². The summed E-state index contributed by atoms with van der Waals surface area (Å²) in [7, 11) is 0.558. The molecule has 0 N–H and O–H groups in total. The maximum absolute atomic E-state index is 12.0. The van der Waals surface area contributed by atoms with Crippen LogP contribution in [0, 0.1) is 0 Å². The van der Waals surface area contributed by atoms with Gasteiger partial charge in [-0.05, 0) is 18.2 Å². The van der Waals surface area contributed by atoms with Crippen molar-refractivity contribution in [3.63, 3.8) is 0 Å². The van der Waals surface area contributed by atoms with Gasteiger partial charge < -0.3 is 9.47 Å². The molecule has 126 valence electrons. The highest BCUT2D eigenvalue weighted by molar-refractivity contribution is 7.84. The second kappa shape index (κ2) is 7.55. The smallest absolute Gasteiger partial charge is 0.142 e. The van der Waals surface area contributed by atoms with E-state index in [0.717, 1.165) is 28.1 Å². The number of benzene rings is 1. The Labute approximate surface area is 142 Å². The molecular weight excluding hydrogens is 326 g/mol. The molecule has 2 aromatic heterocycles. The first-order chi connectivity index (χ1) is 11.7. The van der Waals surface area contributed by atoms with Crippen LogP contribution in [0.4, 0.5) is 0 Å². The maximum atomic E-state index is 12.0. The third kappa shape index (κ3) is 3.47. The molecule has 0 saturated heterocycles. The van der Waals surface area contributed by atoms with Gasteiger partial charge in [-0.25, -0.2) is 9.97 Å². The number of hydrogen-bond donors (Lipinski definition) is 0. The van der Waals surface area contributed by atoms with E-state index in [1.807, 2.05) is 34.9 Å². The molecular formula is C17H19N3O3S. The largest absolute Gasteiger partial charge is 0.493 e. The molecule has 1 unspecified atom stereocenters. The summed E-state index contributed by atoms with van der Waals surface area (Å²) < 4.78 is 24.6. The van der Waals surface area contributed by atoms with Gasteiger partial charge in [0.25, 0.3) is 0 Å². The molecule has 0 aliphatic heterocycles. The fourth-order valence-corrected chi connectivity index (χ4v) is 3.20. The summed E-state index contributed by atoms with van der Waals surface area (Å²) in [6.45, 7) is 1.24. The topological polar surface area (TPSA) is 66.2 Å². The van der Waals surface area contributed by atoms with Crippen molar-refractivity contribution in [3.05, 3.63) is 42.9 Å². The van der Waals surface area contributed by atoms with Gasteiger partial charge in [0.05, 0.1) is 33.3 Å². The Kier molecular flexibility index (Phi) is 5.22. The minimum Gasteiger partial charge on any atom is -0.493 e. The van der Waals surface area contributed by atoms with Gasteiger partial charge in [-0.2, -0.15) is 0 Å². The standard InChI is InChI=1S/C17H19N3O3S/c1-22-9-4-10-23-13-7-8-18-16(11-13)20-12-19-14-5-3-6-15(17(14)20)24(2)21/h3,5-8,11-12H,4,9-10H2,1-2H3. The quantitative estimate of drug-likeness (QED) is 0.616. The van der Waals surface area contributed by atoms with Gasteiger partial charge in [0.1, 0.15) is 17.9 Å². The molecule has 0 amide bonds. The Morgan fingerprint density at radius 2 is 2.08 bits per heavy atom. The van der Waals surface area contributed by atoms with Crippen LogP contribution in [0.2, 0.25) is 0 Å². The van der Waals surface area contributed by atoms with Crippen LogP contribution in [-0.2, 0) is 15.5 Å². The first kappa shape index (κ1) is 16.6. The number of aromatic nitrogens is 3. The molecule has 0 aliphatic carbocycles. The van der Waals surface area contributed by atoms with Crippen LogP contribution in [0.15, 0.2) is 47.8 Å². The zero-order valence-electron chi connectivity index (χ0n) is 13.6. The monoisotopic (exact) mass is 345 g/mol. The van der Waals surface area contributed by atoms with Crippen molar-refractivity contribution in [2.24, 2.45) is 0 Å². The molecule has 1 atom stereocenters. The summed E-state index contributed by atoms with van der Waals surface area (Å²) in [5.74, 6) is 1.41. The summed E-state index contributed by atoms with van der Waals surface area (Å²) >= 11 is 0. The van der Waals surface area contributed by atoms with Gasteiger partial charge in [-0.1, -0.05) is 6.07 Å². The van der Waals surface area contributed by atoms with E-state index in [1.54, 1.807) is 25.9 Å².